The lowest BCUT2D eigenvalue weighted by Gasteiger charge is -2.41. The molecule has 70 valence electrons. The molecule has 12 heavy (non-hydrogen) atoms. The summed E-state index contributed by atoms with van der Waals surface area (Å²) in [5.74, 6) is 7.45. The van der Waals surface area contributed by atoms with Gasteiger partial charge in [0.05, 0.1) is 0 Å². The molecule has 2 nitrogen and oxygen atoms in total. The number of rotatable bonds is 1. The Morgan fingerprint density at radius 3 is 2.50 bits per heavy atom. The van der Waals surface area contributed by atoms with Gasteiger partial charge >= 0.3 is 0 Å². The molecule has 0 aromatic heterocycles. The van der Waals surface area contributed by atoms with Crippen LogP contribution in [0.4, 0.5) is 0 Å². The summed E-state index contributed by atoms with van der Waals surface area (Å²) in [4.78, 5) is 0. The molecule has 2 saturated carbocycles. The van der Waals surface area contributed by atoms with Crippen LogP contribution in [0.5, 0.6) is 0 Å². The molecule has 0 aromatic rings. The highest BCUT2D eigenvalue weighted by Gasteiger charge is 2.33. The average molecular weight is 168 g/mol. The number of hydrogen-bond donors (Lipinski definition) is 2. The van der Waals surface area contributed by atoms with Gasteiger partial charge in [-0.1, -0.05) is 32.1 Å². The zero-order chi connectivity index (χ0) is 8.39. The van der Waals surface area contributed by atoms with E-state index in [1.54, 1.807) is 0 Å². The molecule has 0 saturated heterocycles. The van der Waals surface area contributed by atoms with Gasteiger partial charge < -0.3 is 0 Å². The second-order valence-corrected chi connectivity index (χ2v) is 4.41. The van der Waals surface area contributed by atoms with E-state index in [9.17, 15) is 0 Å². The highest BCUT2D eigenvalue weighted by atomic mass is 15.2. The summed E-state index contributed by atoms with van der Waals surface area (Å²) >= 11 is 0. The van der Waals surface area contributed by atoms with Crippen molar-refractivity contribution in [1.29, 1.82) is 0 Å². The smallest absolute Gasteiger partial charge is 0.0241 e. The minimum Gasteiger partial charge on any atom is -0.271 e. The van der Waals surface area contributed by atoms with Crippen LogP contribution in [0.3, 0.4) is 0 Å². The van der Waals surface area contributed by atoms with E-state index in [0.29, 0.717) is 6.04 Å². The number of fused-ring (bicyclic) bond motifs is 1. The van der Waals surface area contributed by atoms with Crippen LogP contribution in [0.1, 0.15) is 44.9 Å². The largest absolute Gasteiger partial charge is 0.271 e. The molecule has 2 aliphatic carbocycles. The van der Waals surface area contributed by atoms with Crippen molar-refractivity contribution in [3.8, 4) is 0 Å². The zero-order valence-corrected chi connectivity index (χ0v) is 7.76. The Morgan fingerprint density at radius 1 is 0.917 bits per heavy atom. The number of hydrogen-bond acceptors (Lipinski definition) is 2. The normalized spacial score (nSPS) is 42.2. The molecule has 0 unspecified atom stereocenters. The minimum absolute atomic E-state index is 0.629. The molecule has 2 fully saturated rings. The van der Waals surface area contributed by atoms with Gasteiger partial charge in [0.15, 0.2) is 0 Å². The fourth-order valence-corrected chi connectivity index (χ4v) is 3.15. The topological polar surface area (TPSA) is 38.0 Å². The van der Waals surface area contributed by atoms with E-state index >= 15 is 0 Å². The Bertz CT molecular complexity index is 138. The van der Waals surface area contributed by atoms with E-state index in [-0.39, 0.29) is 0 Å². The van der Waals surface area contributed by atoms with Gasteiger partial charge in [0.2, 0.25) is 0 Å². The first kappa shape index (κ1) is 8.52. The van der Waals surface area contributed by atoms with Crippen LogP contribution in [0.25, 0.3) is 0 Å². The molecule has 0 radical (unpaired) electrons. The first-order valence-electron chi connectivity index (χ1n) is 5.38. The molecule has 3 atom stereocenters. The fourth-order valence-electron chi connectivity index (χ4n) is 3.15. The summed E-state index contributed by atoms with van der Waals surface area (Å²) in [5.41, 5.74) is 3.00. The van der Waals surface area contributed by atoms with Gasteiger partial charge in [-0.2, -0.15) is 0 Å². The van der Waals surface area contributed by atoms with Crippen LogP contribution in [0.2, 0.25) is 0 Å². The molecule has 0 bridgehead atoms. The van der Waals surface area contributed by atoms with Crippen LogP contribution in [0.15, 0.2) is 0 Å². The second-order valence-electron chi connectivity index (χ2n) is 4.41. The maximum atomic E-state index is 5.56. The minimum atomic E-state index is 0.629. The lowest BCUT2D eigenvalue weighted by atomic mass is 9.68. The molecule has 2 rings (SSSR count). The second kappa shape index (κ2) is 3.75. The third kappa shape index (κ3) is 1.50. The number of nitrogens with one attached hydrogen (secondary N) is 1. The van der Waals surface area contributed by atoms with Crippen molar-refractivity contribution in [2.75, 3.05) is 0 Å². The van der Waals surface area contributed by atoms with E-state index in [2.05, 4.69) is 5.43 Å². The molecule has 0 heterocycles. The molecule has 2 aliphatic rings. The van der Waals surface area contributed by atoms with E-state index in [1.165, 1.54) is 44.9 Å². The highest BCUT2D eigenvalue weighted by Crippen LogP contribution is 2.40. The summed E-state index contributed by atoms with van der Waals surface area (Å²) in [6.45, 7) is 0. The van der Waals surface area contributed by atoms with E-state index < -0.39 is 0 Å². The molecule has 2 heteroatoms. The van der Waals surface area contributed by atoms with E-state index in [4.69, 9.17) is 5.84 Å². The van der Waals surface area contributed by atoms with Gasteiger partial charge in [-0.25, -0.2) is 0 Å². The van der Waals surface area contributed by atoms with Gasteiger partial charge in [0, 0.05) is 6.04 Å². The fraction of sp³-hybridized carbons (Fsp3) is 1.00. The van der Waals surface area contributed by atoms with Crippen molar-refractivity contribution in [3.63, 3.8) is 0 Å². The maximum absolute atomic E-state index is 5.56. The molecule has 0 aliphatic heterocycles. The SMILES string of the molecule is NN[C@@H]1CCC[C@@H]2CCCC[C@@H]21. The Balaban J connectivity index is 1.99. The lowest BCUT2D eigenvalue weighted by molar-refractivity contribution is 0.126. The molecular formula is C10H20N2. The summed E-state index contributed by atoms with van der Waals surface area (Å²) in [6.07, 6.45) is 9.91. The van der Waals surface area contributed by atoms with Gasteiger partial charge in [0.25, 0.3) is 0 Å². The number of hydrazine groups is 1. The lowest BCUT2D eigenvalue weighted by Crippen LogP contribution is -2.46. The third-order valence-corrected chi connectivity index (χ3v) is 3.79. The molecule has 3 N–H and O–H groups in total. The Hall–Kier alpha value is -0.0800. The van der Waals surface area contributed by atoms with E-state index in [1.807, 2.05) is 0 Å². The molecule has 0 spiro atoms. The number of nitrogens with two attached hydrogens (primary N) is 1. The monoisotopic (exact) mass is 168 g/mol. The summed E-state index contributed by atoms with van der Waals surface area (Å²) < 4.78 is 0. The summed E-state index contributed by atoms with van der Waals surface area (Å²) in [6, 6.07) is 0.629. The zero-order valence-electron chi connectivity index (χ0n) is 7.76. The quantitative estimate of drug-likeness (QED) is 0.463. The third-order valence-electron chi connectivity index (χ3n) is 3.79. The Kier molecular flexibility index (Phi) is 2.66. The van der Waals surface area contributed by atoms with Crippen molar-refractivity contribution >= 4 is 0 Å². The average Bonchev–Trinajstić information content (AvgIpc) is 2.17. The summed E-state index contributed by atoms with van der Waals surface area (Å²) in [7, 11) is 0. The molecular weight excluding hydrogens is 148 g/mol. The predicted molar refractivity (Wildman–Crippen MR) is 50.4 cm³/mol. The van der Waals surface area contributed by atoms with Gasteiger partial charge in [-0.3, -0.25) is 11.3 Å². The van der Waals surface area contributed by atoms with Crippen LogP contribution in [-0.4, -0.2) is 6.04 Å². The molecule has 0 aromatic carbocycles. The molecule has 0 amide bonds. The van der Waals surface area contributed by atoms with Crippen LogP contribution >= 0.6 is 0 Å². The van der Waals surface area contributed by atoms with Crippen molar-refractivity contribution < 1.29 is 0 Å². The Morgan fingerprint density at radius 2 is 1.67 bits per heavy atom. The van der Waals surface area contributed by atoms with Crippen molar-refractivity contribution in [2.24, 2.45) is 17.7 Å². The van der Waals surface area contributed by atoms with Crippen LogP contribution in [0, 0.1) is 11.8 Å². The predicted octanol–water partition coefficient (Wildman–Crippen LogP) is 1.81. The first-order valence-corrected chi connectivity index (χ1v) is 5.38. The van der Waals surface area contributed by atoms with Gasteiger partial charge in [-0.15, -0.1) is 0 Å². The highest BCUT2D eigenvalue weighted by molar-refractivity contribution is 4.87. The standard InChI is InChI=1S/C10H20N2/c11-12-10-7-3-5-8-4-1-2-6-9(8)10/h8-10,12H,1-7,11H2/t8-,9-,10+/m0/s1. The van der Waals surface area contributed by atoms with Crippen molar-refractivity contribution in [1.82, 2.24) is 5.43 Å². The van der Waals surface area contributed by atoms with Crippen molar-refractivity contribution in [3.05, 3.63) is 0 Å². The first-order chi connectivity index (χ1) is 5.92. The van der Waals surface area contributed by atoms with Crippen LogP contribution in [-0.2, 0) is 0 Å². The Labute approximate surface area is 74.9 Å². The maximum Gasteiger partial charge on any atom is 0.0241 e. The van der Waals surface area contributed by atoms with E-state index in [0.717, 1.165) is 11.8 Å². The van der Waals surface area contributed by atoms with Crippen molar-refractivity contribution in [2.45, 2.75) is 51.0 Å². The van der Waals surface area contributed by atoms with Gasteiger partial charge in [0.1, 0.15) is 0 Å². The summed E-state index contributed by atoms with van der Waals surface area (Å²) in [5, 5.41) is 0. The van der Waals surface area contributed by atoms with Crippen LogP contribution < -0.4 is 11.3 Å². The van der Waals surface area contributed by atoms with Gasteiger partial charge in [-0.05, 0) is 24.7 Å².